The highest BCUT2D eigenvalue weighted by atomic mass is 32.2. The number of alkyl halides is 3. The molecule has 0 aliphatic carbocycles. The summed E-state index contributed by atoms with van der Waals surface area (Å²) in [6.07, 6.45) is 0.366. The molecule has 2 heterocycles. The third kappa shape index (κ3) is 8.13. The van der Waals surface area contributed by atoms with Crippen molar-refractivity contribution in [2.24, 2.45) is 0 Å². The molecule has 37 heavy (non-hydrogen) atoms. The highest BCUT2D eigenvalue weighted by molar-refractivity contribution is 7.92. The third-order valence-corrected chi connectivity index (χ3v) is 6.56. The zero-order chi connectivity index (χ0) is 27.8. The molecule has 1 aliphatic heterocycles. The monoisotopic (exact) mass is 549 g/mol. The molecular formula is C22H26F3N3O8S. The van der Waals surface area contributed by atoms with Crippen molar-refractivity contribution in [1.82, 2.24) is 4.98 Å². The van der Waals surface area contributed by atoms with E-state index in [-0.39, 0.29) is 21.9 Å². The van der Waals surface area contributed by atoms with Gasteiger partial charge in [0.25, 0.3) is 10.0 Å². The number of ether oxygens (including phenoxy) is 2. The minimum atomic E-state index is -5.08. The van der Waals surface area contributed by atoms with E-state index < -0.39 is 28.1 Å². The van der Waals surface area contributed by atoms with E-state index in [1.165, 1.54) is 38.6 Å². The lowest BCUT2D eigenvalue weighted by molar-refractivity contribution is -0.192. The van der Waals surface area contributed by atoms with Crippen molar-refractivity contribution >= 4 is 33.5 Å². The summed E-state index contributed by atoms with van der Waals surface area (Å²) in [7, 11) is -1.29. The Morgan fingerprint density at radius 2 is 1.62 bits per heavy atom. The molecule has 0 radical (unpaired) electrons. The Bertz CT molecular complexity index is 1210. The molecule has 1 aromatic heterocycles. The van der Waals surface area contributed by atoms with Crippen LogP contribution in [0.3, 0.4) is 0 Å². The van der Waals surface area contributed by atoms with Crippen LogP contribution in [0.2, 0.25) is 0 Å². The van der Waals surface area contributed by atoms with Crippen molar-refractivity contribution in [2.45, 2.75) is 36.8 Å². The van der Waals surface area contributed by atoms with E-state index in [1.807, 2.05) is 4.90 Å². The molecule has 15 heteroatoms. The molecule has 1 fully saturated rings. The summed E-state index contributed by atoms with van der Waals surface area (Å²) in [5, 5.41) is 16.8. The number of nitrogens with zero attached hydrogens (tertiary/aromatic N) is 2. The minimum Gasteiger partial charge on any atom is -0.497 e. The lowest BCUT2D eigenvalue weighted by Crippen LogP contribution is -2.27. The van der Waals surface area contributed by atoms with Crippen molar-refractivity contribution in [2.75, 3.05) is 36.9 Å². The van der Waals surface area contributed by atoms with Crippen molar-refractivity contribution in [3.8, 4) is 11.5 Å². The SMILES string of the molecule is COc1ccc(OC)c(S(=O)(=O)Nc2cnc(N3CCCCCC3)c(C(=O)O)c2)c1.O=C(O)C(F)(F)F. The average molecular weight is 550 g/mol. The van der Waals surface area contributed by atoms with E-state index >= 15 is 0 Å². The standard InChI is InChI=1S/C20H25N3O6S.C2HF3O2/c1-28-15-7-8-17(29-2)18(12-15)30(26,27)22-14-11-16(20(24)25)19(21-13-14)23-9-5-3-4-6-10-23;3-2(4,5)1(6)7/h7-8,11-13,22H,3-6,9-10H2,1-2H3,(H,24,25);(H,6,7). The Balaban J connectivity index is 0.000000604. The fourth-order valence-corrected chi connectivity index (χ4v) is 4.63. The maximum Gasteiger partial charge on any atom is 0.490 e. The van der Waals surface area contributed by atoms with Gasteiger partial charge in [0, 0.05) is 19.2 Å². The molecule has 0 unspecified atom stereocenters. The molecule has 3 rings (SSSR count). The summed E-state index contributed by atoms with van der Waals surface area (Å²) in [5.41, 5.74) is 0.00514. The maximum atomic E-state index is 12.9. The van der Waals surface area contributed by atoms with E-state index in [9.17, 15) is 31.5 Å². The highest BCUT2D eigenvalue weighted by Gasteiger charge is 2.38. The molecule has 0 saturated carbocycles. The summed E-state index contributed by atoms with van der Waals surface area (Å²) in [5.74, 6) is -3.09. The van der Waals surface area contributed by atoms with Crippen LogP contribution >= 0.6 is 0 Å². The molecule has 1 saturated heterocycles. The number of carboxylic acids is 2. The van der Waals surface area contributed by atoms with Crippen molar-refractivity contribution in [1.29, 1.82) is 0 Å². The summed E-state index contributed by atoms with van der Waals surface area (Å²) in [6, 6.07) is 5.69. The predicted octanol–water partition coefficient (Wildman–Crippen LogP) is 3.61. The molecule has 0 amide bonds. The highest BCUT2D eigenvalue weighted by Crippen LogP contribution is 2.31. The van der Waals surface area contributed by atoms with E-state index in [2.05, 4.69) is 9.71 Å². The van der Waals surface area contributed by atoms with Gasteiger partial charge in [-0.05, 0) is 31.0 Å². The second-order valence-corrected chi connectivity index (χ2v) is 9.38. The van der Waals surface area contributed by atoms with E-state index in [1.54, 1.807) is 6.07 Å². The Kier molecular flexibility index (Phi) is 9.94. The quantitative estimate of drug-likeness (QED) is 0.466. The number of aromatic carboxylic acids is 1. The number of carbonyl (C=O) groups is 2. The number of rotatable bonds is 7. The number of aliphatic carboxylic acids is 1. The average Bonchev–Trinajstić information content (AvgIpc) is 3.12. The van der Waals surface area contributed by atoms with Crippen LogP contribution in [0.15, 0.2) is 35.4 Å². The van der Waals surface area contributed by atoms with E-state index in [0.717, 1.165) is 38.8 Å². The van der Waals surface area contributed by atoms with Gasteiger partial charge >= 0.3 is 18.1 Å². The summed E-state index contributed by atoms with van der Waals surface area (Å²) >= 11 is 0. The van der Waals surface area contributed by atoms with E-state index in [0.29, 0.717) is 11.6 Å². The Labute approximate surface area is 210 Å². The van der Waals surface area contributed by atoms with Crippen LogP contribution in [0.4, 0.5) is 24.7 Å². The minimum absolute atomic E-state index is 0.0466. The Morgan fingerprint density at radius 3 is 2.11 bits per heavy atom. The molecule has 2 aromatic rings. The fourth-order valence-electron chi connectivity index (χ4n) is 3.41. The summed E-state index contributed by atoms with van der Waals surface area (Å²) < 4.78 is 70.2. The lowest BCUT2D eigenvalue weighted by atomic mass is 10.2. The number of halogens is 3. The number of nitrogens with one attached hydrogen (secondary N) is 1. The van der Waals surface area contributed by atoms with Gasteiger partial charge in [0.15, 0.2) is 0 Å². The molecule has 1 aliphatic rings. The Hall–Kier alpha value is -3.75. The van der Waals surface area contributed by atoms with Gasteiger partial charge in [-0.1, -0.05) is 12.8 Å². The topological polar surface area (TPSA) is 155 Å². The number of aromatic nitrogens is 1. The van der Waals surface area contributed by atoms with Gasteiger partial charge in [0.05, 0.1) is 26.1 Å². The van der Waals surface area contributed by atoms with Crippen LogP contribution < -0.4 is 19.1 Å². The first-order valence-electron chi connectivity index (χ1n) is 10.8. The number of hydrogen-bond donors (Lipinski definition) is 3. The predicted molar refractivity (Wildman–Crippen MR) is 126 cm³/mol. The molecule has 204 valence electrons. The maximum absolute atomic E-state index is 12.9. The normalized spacial score (nSPS) is 14.0. The van der Waals surface area contributed by atoms with Gasteiger partial charge in [0.1, 0.15) is 27.8 Å². The first kappa shape index (κ1) is 29.5. The molecular weight excluding hydrogens is 523 g/mol. The second kappa shape index (κ2) is 12.5. The first-order chi connectivity index (χ1) is 17.3. The Morgan fingerprint density at radius 1 is 1.03 bits per heavy atom. The number of methoxy groups -OCH3 is 2. The zero-order valence-electron chi connectivity index (χ0n) is 19.9. The first-order valence-corrected chi connectivity index (χ1v) is 12.3. The number of benzene rings is 1. The molecule has 0 spiro atoms. The number of pyridine rings is 1. The van der Waals surface area contributed by atoms with Crippen LogP contribution in [0.5, 0.6) is 11.5 Å². The van der Waals surface area contributed by atoms with Gasteiger partial charge in [-0.25, -0.2) is 23.0 Å². The van der Waals surface area contributed by atoms with Crippen molar-refractivity contribution < 1.29 is 50.9 Å². The van der Waals surface area contributed by atoms with Crippen LogP contribution in [0, 0.1) is 0 Å². The molecule has 0 bridgehead atoms. The van der Waals surface area contributed by atoms with Gasteiger partial charge in [-0.15, -0.1) is 0 Å². The van der Waals surface area contributed by atoms with Gasteiger partial charge in [0.2, 0.25) is 0 Å². The molecule has 11 nitrogen and oxygen atoms in total. The van der Waals surface area contributed by atoms with Crippen LogP contribution in [0.1, 0.15) is 36.0 Å². The zero-order valence-corrected chi connectivity index (χ0v) is 20.7. The van der Waals surface area contributed by atoms with Crippen LogP contribution in [0.25, 0.3) is 0 Å². The summed E-state index contributed by atoms with van der Waals surface area (Å²) in [4.78, 5) is 26.8. The molecule has 0 atom stereocenters. The third-order valence-electron chi connectivity index (χ3n) is 5.16. The van der Waals surface area contributed by atoms with Crippen molar-refractivity contribution in [3.63, 3.8) is 0 Å². The van der Waals surface area contributed by atoms with Gasteiger partial charge < -0.3 is 24.6 Å². The molecule has 1 aromatic carbocycles. The number of anilines is 2. The smallest absolute Gasteiger partial charge is 0.490 e. The lowest BCUT2D eigenvalue weighted by Gasteiger charge is -2.23. The van der Waals surface area contributed by atoms with Crippen LogP contribution in [-0.2, 0) is 14.8 Å². The van der Waals surface area contributed by atoms with Crippen LogP contribution in [-0.4, -0.2) is 69.0 Å². The van der Waals surface area contributed by atoms with Crippen molar-refractivity contribution in [3.05, 3.63) is 36.0 Å². The number of hydrogen-bond acceptors (Lipinski definition) is 8. The number of carboxylic acid groups (broad SMARTS) is 2. The van der Waals surface area contributed by atoms with Gasteiger partial charge in [-0.2, -0.15) is 13.2 Å². The largest absolute Gasteiger partial charge is 0.497 e. The molecule has 3 N–H and O–H groups in total. The summed E-state index contributed by atoms with van der Waals surface area (Å²) in [6.45, 7) is 1.44. The van der Waals surface area contributed by atoms with E-state index in [4.69, 9.17) is 19.4 Å². The van der Waals surface area contributed by atoms with Gasteiger partial charge in [-0.3, -0.25) is 4.72 Å². The number of sulfonamides is 1. The fraction of sp³-hybridized carbons (Fsp3) is 0.409. The second-order valence-electron chi connectivity index (χ2n) is 7.73.